The van der Waals surface area contributed by atoms with Gasteiger partial charge in [-0.3, -0.25) is 4.99 Å². The van der Waals surface area contributed by atoms with Gasteiger partial charge < -0.3 is 20.1 Å². The fourth-order valence-electron chi connectivity index (χ4n) is 2.43. The first kappa shape index (κ1) is 20.9. The molecule has 0 aliphatic heterocycles. The highest BCUT2D eigenvalue weighted by Crippen LogP contribution is 2.28. The minimum absolute atomic E-state index is 0. The van der Waals surface area contributed by atoms with Gasteiger partial charge in [-0.1, -0.05) is 6.07 Å². The van der Waals surface area contributed by atoms with E-state index in [2.05, 4.69) is 27.8 Å². The molecule has 136 valence electrons. The van der Waals surface area contributed by atoms with Crippen LogP contribution < -0.4 is 20.1 Å². The van der Waals surface area contributed by atoms with Gasteiger partial charge in [-0.05, 0) is 56.2 Å². The highest BCUT2D eigenvalue weighted by atomic mass is 127. The molecule has 1 fully saturated rings. The number of rotatable bonds is 9. The Morgan fingerprint density at radius 2 is 2.04 bits per heavy atom. The molecule has 1 saturated carbocycles. The van der Waals surface area contributed by atoms with Crippen LogP contribution in [0.15, 0.2) is 23.2 Å². The predicted octanol–water partition coefficient (Wildman–Crippen LogP) is 3.22. The van der Waals surface area contributed by atoms with Gasteiger partial charge in [0.25, 0.3) is 0 Å². The number of aliphatic imine (C=N–C) groups is 1. The summed E-state index contributed by atoms with van der Waals surface area (Å²) in [5.74, 6) is 3.37. The Bertz CT molecular complexity index is 519. The van der Waals surface area contributed by atoms with E-state index >= 15 is 0 Å². The van der Waals surface area contributed by atoms with Crippen LogP contribution in [0, 0.1) is 5.92 Å². The largest absolute Gasteiger partial charge is 0.493 e. The van der Waals surface area contributed by atoms with Gasteiger partial charge in [0.05, 0.1) is 13.7 Å². The number of nitrogens with zero attached hydrogens (tertiary/aromatic N) is 1. The third-order valence-electron chi connectivity index (χ3n) is 3.94. The summed E-state index contributed by atoms with van der Waals surface area (Å²) < 4.78 is 10.9. The first-order chi connectivity index (χ1) is 11.3. The van der Waals surface area contributed by atoms with E-state index < -0.39 is 0 Å². The summed E-state index contributed by atoms with van der Waals surface area (Å²) in [5, 5.41) is 6.74. The predicted molar refractivity (Wildman–Crippen MR) is 110 cm³/mol. The fourth-order valence-corrected chi connectivity index (χ4v) is 2.43. The van der Waals surface area contributed by atoms with Crippen molar-refractivity contribution in [2.24, 2.45) is 10.9 Å². The number of hydrogen-bond donors (Lipinski definition) is 2. The molecule has 1 aliphatic rings. The number of methoxy groups -OCH3 is 1. The molecular weight excluding hydrogens is 417 g/mol. The van der Waals surface area contributed by atoms with Crippen molar-refractivity contribution in [1.29, 1.82) is 0 Å². The van der Waals surface area contributed by atoms with Crippen molar-refractivity contribution in [2.75, 3.05) is 33.9 Å². The summed E-state index contributed by atoms with van der Waals surface area (Å²) in [6, 6.07) is 6.15. The molecular formula is C18H30IN3O2. The van der Waals surface area contributed by atoms with E-state index in [0.717, 1.165) is 49.3 Å². The topological polar surface area (TPSA) is 54.9 Å². The number of guanidine groups is 1. The van der Waals surface area contributed by atoms with Gasteiger partial charge in [0, 0.05) is 20.1 Å². The Balaban J connectivity index is 0.00000288. The van der Waals surface area contributed by atoms with Crippen LogP contribution in [0.25, 0.3) is 0 Å². The third kappa shape index (κ3) is 7.15. The summed E-state index contributed by atoms with van der Waals surface area (Å²) >= 11 is 0. The van der Waals surface area contributed by atoms with Crippen LogP contribution in [0.4, 0.5) is 0 Å². The molecule has 1 aliphatic carbocycles. The highest BCUT2D eigenvalue weighted by molar-refractivity contribution is 14.0. The second-order valence-corrected chi connectivity index (χ2v) is 5.85. The highest BCUT2D eigenvalue weighted by Gasteiger charge is 2.20. The summed E-state index contributed by atoms with van der Waals surface area (Å²) in [4.78, 5) is 4.25. The maximum absolute atomic E-state index is 5.62. The standard InChI is InChI=1S/C18H29N3O2.HI/c1-4-23-17-12-14(9-10-16(17)22-3)6-5-11-20-18(19-2)21-13-15-7-8-15;/h9-10,12,15H,4-8,11,13H2,1-3H3,(H2,19,20,21);1H. The summed E-state index contributed by atoms with van der Waals surface area (Å²) in [6.07, 6.45) is 4.74. The van der Waals surface area contributed by atoms with E-state index in [1.807, 2.05) is 20.0 Å². The van der Waals surface area contributed by atoms with Crippen LogP contribution >= 0.6 is 24.0 Å². The van der Waals surface area contributed by atoms with Gasteiger partial charge >= 0.3 is 0 Å². The smallest absolute Gasteiger partial charge is 0.190 e. The number of hydrogen-bond acceptors (Lipinski definition) is 3. The van der Waals surface area contributed by atoms with Gasteiger partial charge in [-0.25, -0.2) is 0 Å². The molecule has 2 N–H and O–H groups in total. The zero-order valence-corrected chi connectivity index (χ0v) is 17.3. The molecule has 0 bridgehead atoms. The van der Waals surface area contributed by atoms with Gasteiger partial charge in [0.2, 0.25) is 0 Å². The van der Waals surface area contributed by atoms with Crippen molar-refractivity contribution in [3.63, 3.8) is 0 Å². The second-order valence-electron chi connectivity index (χ2n) is 5.85. The Hall–Kier alpha value is -1.18. The van der Waals surface area contributed by atoms with E-state index in [0.29, 0.717) is 6.61 Å². The van der Waals surface area contributed by atoms with Crippen LogP contribution in [0.1, 0.15) is 31.7 Å². The lowest BCUT2D eigenvalue weighted by Gasteiger charge is -2.13. The molecule has 24 heavy (non-hydrogen) atoms. The molecule has 0 unspecified atom stereocenters. The summed E-state index contributed by atoms with van der Waals surface area (Å²) in [7, 11) is 3.49. The first-order valence-corrected chi connectivity index (χ1v) is 8.51. The van der Waals surface area contributed by atoms with Gasteiger partial charge in [-0.15, -0.1) is 24.0 Å². The molecule has 0 aromatic heterocycles. The fraction of sp³-hybridized carbons (Fsp3) is 0.611. The number of aryl methyl sites for hydroxylation is 1. The summed E-state index contributed by atoms with van der Waals surface area (Å²) in [5.41, 5.74) is 1.26. The SMILES string of the molecule is CCOc1cc(CCCNC(=NC)NCC2CC2)ccc1OC.I. The zero-order chi connectivity index (χ0) is 16.5. The molecule has 0 spiro atoms. The molecule has 0 saturated heterocycles. The average molecular weight is 447 g/mol. The van der Waals surface area contributed by atoms with Crippen LogP contribution in [-0.2, 0) is 6.42 Å². The summed E-state index contributed by atoms with van der Waals surface area (Å²) in [6.45, 7) is 4.57. The Labute approximate surface area is 162 Å². The molecule has 1 aromatic carbocycles. The van der Waals surface area contributed by atoms with Crippen LogP contribution in [-0.4, -0.2) is 39.8 Å². The lowest BCUT2D eigenvalue weighted by atomic mass is 10.1. The van der Waals surface area contributed by atoms with Crippen molar-refractivity contribution in [1.82, 2.24) is 10.6 Å². The van der Waals surface area contributed by atoms with E-state index in [-0.39, 0.29) is 24.0 Å². The van der Waals surface area contributed by atoms with Gasteiger partial charge in [0.1, 0.15) is 0 Å². The molecule has 1 aromatic rings. The number of nitrogens with one attached hydrogen (secondary N) is 2. The van der Waals surface area contributed by atoms with Crippen LogP contribution in [0.5, 0.6) is 11.5 Å². The van der Waals surface area contributed by atoms with Crippen molar-refractivity contribution < 1.29 is 9.47 Å². The minimum Gasteiger partial charge on any atom is -0.493 e. The van der Waals surface area contributed by atoms with Crippen molar-refractivity contribution in [2.45, 2.75) is 32.6 Å². The maximum atomic E-state index is 5.62. The molecule has 0 amide bonds. The molecule has 0 atom stereocenters. The maximum Gasteiger partial charge on any atom is 0.190 e. The van der Waals surface area contributed by atoms with Crippen LogP contribution in [0.2, 0.25) is 0 Å². The Morgan fingerprint density at radius 3 is 2.67 bits per heavy atom. The van der Waals surface area contributed by atoms with Crippen molar-refractivity contribution >= 4 is 29.9 Å². The van der Waals surface area contributed by atoms with E-state index in [9.17, 15) is 0 Å². The van der Waals surface area contributed by atoms with Gasteiger partial charge in [0.15, 0.2) is 17.5 Å². The Morgan fingerprint density at radius 1 is 1.25 bits per heavy atom. The minimum atomic E-state index is 0. The quantitative estimate of drug-likeness (QED) is 0.264. The molecule has 5 nitrogen and oxygen atoms in total. The zero-order valence-electron chi connectivity index (χ0n) is 14.9. The van der Waals surface area contributed by atoms with Crippen LogP contribution in [0.3, 0.4) is 0 Å². The first-order valence-electron chi connectivity index (χ1n) is 8.51. The van der Waals surface area contributed by atoms with E-state index in [1.54, 1.807) is 7.11 Å². The number of benzene rings is 1. The lowest BCUT2D eigenvalue weighted by Crippen LogP contribution is -2.38. The molecule has 2 rings (SSSR count). The lowest BCUT2D eigenvalue weighted by molar-refractivity contribution is 0.310. The van der Waals surface area contributed by atoms with Gasteiger partial charge in [-0.2, -0.15) is 0 Å². The monoisotopic (exact) mass is 447 g/mol. The third-order valence-corrected chi connectivity index (χ3v) is 3.94. The average Bonchev–Trinajstić information content (AvgIpc) is 3.39. The number of ether oxygens (including phenoxy) is 2. The van der Waals surface area contributed by atoms with E-state index in [4.69, 9.17) is 9.47 Å². The number of halogens is 1. The molecule has 6 heteroatoms. The van der Waals surface area contributed by atoms with Crippen molar-refractivity contribution in [3.8, 4) is 11.5 Å². The van der Waals surface area contributed by atoms with Crippen molar-refractivity contribution in [3.05, 3.63) is 23.8 Å². The molecule has 0 radical (unpaired) electrons. The molecule has 0 heterocycles. The normalized spacial score (nSPS) is 13.9. The van der Waals surface area contributed by atoms with E-state index in [1.165, 1.54) is 18.4 Å². The Kier molecular flexibility index (Phi) is 9.90. The second kappa shape index (κ2) is 11.4.